The van der Waals surface area contributed by atoms with Crippen LogP contribution in [-0.2, 0) is 0 Å². The molecule has 0 bridgehead atoms. The van der Waals surface area contributed by atoms with E-state index in [2.05, 4.69) is 0 Å². The van der Waals surface area contributed by atoms with Crippen molar-refractivity contribution in [2.45, 2.75) is 33.2 Å². The molecule has 0 unspecified atom stereocenters. The van der Waals surface area contributed by atoms with Gasteiger partial charge in [-0.25, -0.2) is 8.78 Å². The molecule has 3 heteroatoms. The van der Waals surface area contributed by atoms with Crippen LogP contribution in [0.4, 0.5) is 8.78 Å². The Kier molecular flexibility index (Phi) is 2.55. The lowest BCUT2D eigenvalue weighted by atomic mass is 9.88. The predicted octanol–water partition coefficient (Wildman–Crippen LogP) is 1.62. The van der Waals surface area contributed by atoms with Crippen LogP contribution in [0.15, 0.2) is 0 Å². The summed E-state index contributed by atoms with van der Waals surface area (Å²) in [7, 11) is 0. The zero-order valence-electron chi connectivity index (χ0n) is 5.99. The SMILES string of the molecule is CC(C)(C)[C@H](N)C(F)F. The second-order valence-corrected chi connectivity index (χ2v) is 3.23. The monoisotopic (exact) mass is 137 g/mol. The van der Waals surface area contributed by atoms with Crippen molar-refractivity contribution >= 4 is 0 Å². The molecular weight excluding hydrogens is 124 g/mol. The summed E-state index contributed by atoms with van der Waals surface area (Å²) >= 11 is 0. The van der Waals surface area contributed by atoms with Gasteiger partial charge in [0.05, 0.1) is 6.04 Å². The van der Waals surface area contributed by atoms with Crippen LogP contribution in [0.1, 0.15) is 20.8 Å². The first kappa shape index (κ1) is 8.82. The van der Waals surface area contributed by atoms with Gasteiger partial charge in [0.2, 0.25) is 0 Å². The van der Waals surface area contributed by atoms with Crippen LogP contribution in [0.25, 0.3) is 0 Å². The van der Waals surface area contributed by atoms with E-state index in [0.29, 0.717) is 0 Å². The van der Waals surface area contributed by atoms with Crippen molar-refractivity contribution in [3.8, 4) is 0 Å². The highest BCUT2D eigenvalue weighted by Crippen LogP contribution is 2.21. The molecule has 0 aromatic carbocycles. The minimum absolute atomic E-state index is 0.492. The van der Waals surface area contributed by atoms with Crippen molar-refractivity contribution < 1.29 is 8.78 Å². The third kappa shape index (κ3) is 2.75. The fourth-order valence-electron chi connectivity index (χ4n) is 0.378. The number of halogens is 2. The van der Waals surface area contributed by atoms with Crippen molar-refractivity contribution in [2.24, 2.45) is 11.1 Å². The van der Waals surface area contributed by atoms with E-state index in [1.54, 1.807) is 20.8 Å². The fourth-order valence-corrected chi connectivity index (χ4v) is 0.378. The van der Waals surface area contributed by atoms with Crippen LogP contribution < -0.4 is 5.73 Å². The Morgan fingerprint density at radius 3 is 1.56 bits per heavy atom. The van der Waals surface area contributed by atoms with E-state index in [-0.39, 0.29) is 0 Å². The van der Waals surface area contributed by atoms with Gasteiger partial charge in [-0.15, -0.1) is 0 Å². The second kappa shape index (κ2) is 2.60. The highest BCUT2D eigenvalue weighted by Gasteiger charge is 2.28. The van der Waals surface area contributed by atoms with Gasteiger partial charge in [0, 0.05) is 0 Å². The molecule has 0 spiro atoms. The maximum atomic E-state index is 11.8. The third-order valence-corrected chi connectivity index (χ3v) is 1.27. The normalized spacial score (nSPS) is 16.3. The molecule has 56 valence electrons. The number of hydrogen-bond donors (Lipinski definition) is 1. The summed E-state index contributed by atoms with van der Waals surface area (Å²) in [5.74, 6) is 0. The van der Waals surface area contributed by atoms with Gasteiger partial charge < -0.3 is 5.73 Å². The molecule has 0 aliphatic carbocycles. The van der Waals surface area contributed by atoms with Crippen LogP contribution >= 0.6 is 0 Å². The van der Waals surface area contributed by atoms with E-state index >= 15 is 0 Å². The second-order valence-electron chi connectivity index (χ2n) is 3.23. The van der Waals surface area contributed by atoms with Crippen LogP contribution in [0.3, 0.4) is 0 Å². The topological polar surface area (TPSA) is 26.0 Å². The Morgan fingerprint density at radius 1 is 1.22 bits per heavy atom. The highest BCUT2D eigenvalue weighted by atomic mass is 19.3. The van der Waals surface area contributed by atoms with Gasteiger partial charge in [-0.3, -0.25) is 0 Å². The number of nitrogens with two attached hydrogens (primary N) is 1. The molecule has 0 fully saturated rings. The van der Waals surface area contributed by atoms with Gasteiger partial charge in [-0.05, 0) is 5.41 Å². The third-order valence-electron chi connectivity index (χ3n) is 1.27. The predicted molar refractivity (Wildman–Crippen MR) is 33.4 cm³/mol. The first-order chi connectivity index (χ1) is 3.85. The molecular formula is C6H13F2N. The van der Waals surface area contributed by atoms with E-state index < -0.39 is 17.9 Å². The summed E-state index contributed by atoms with van der Waals surface area (Å²) in [5.41, 5.74) is 4.65. The molecule has 1 atom stereocenters. The molecule has 2 N–H and O–H groups in total. The zero-order chi connectivity index (χ0) is 7.65. The van der Waals surface area contributed by atoms with Crippen LogP contribution in [-0.4, -0.2) is 12.5 Å². The molecule has 0 amide bonds. The Bertz CT molecular complexity index is 85.5. The lowest BCUT2D eigenvalue weighted by Crippen LogP contribution is -2.41. The smallest absolute Gasteiger partial charge is 0.253 e. The fraction of sp³-hybridized carbons (Fsp3) is 1.00. The average molecular weight is 137 g/mol. The maximum absolute atomic E-state index is 11.8. The van der Waals surface area contributed by atoms with E-state index in [0.717, 1.165) is 0 Å². The van der Waals surface area contributed by atoms with Crippen LogP contribution in [0.2, 0.25) is 0 Å². The summed E-state index contributed by atoms with van der Waals surface area (Å²) in [4.78, 5) is 0. The van der Waals surface area contributed by atoms with Crippen LogP contribution in [0, 0.1) is 5.41 Å². The largest absolute Gasteiger partial charge is 0.322 e. The van der Waals surface area contributed by atoms with Gasteiger partial charge in [-0.2, -0.15) is 0 Å². The number of rotatable bonds is 1. The minimum atomic E-state index is -2.41. The maximum Gasteiger partial charge on any atom is 0.253 e. The van der Waals surface area contributed by atoms with Gasteiger partial charge in [-0.1, -0.05) is 20.8 Å². The highest BCUT2D eigenvalue weighted by molar-refractivity contribution is 4.78. The minimum Gasteiger partial charge on any atom is -0.322 e. The standard InChI is InChI=1S/C6H13F2N/c1-6(2,3)4(9)5(7)8/h4-5H,9H2,1-3H3/t4-/m1/s1. The van der Waals surface area contributed by atoms with Crippen molar-refractivity contribution in [3.63, 3.8) is 0 Å². The summed E-state index contributed by atoms with van der Waals surface area (Å²) < 4.78 is 23.6. The molecule has 0 aliphatic heterocycles. The Hall–Kier alpha value is -0.180. The van der Waals surface area contributed by atoms with Crippen molar-refractivity contribution in [1.29, 1.82) is 0 Å². The summed E-state index contributed by atoms with van der Waals surface area (Å²) in [6, 6.07) is -1.02. The van der Waals surface area contributed by atoms with E-state index in [4.69, 9.17) is 5.73 Å². The van der Waals surface area contributed by atoms with E-state index in [9.17, 15) is 8.78 Å². The Morgan fingerprint density at radius 2 is 1.56 bits per heavy atom. The van der Waals surface area contributed by atoms with Crippen LogP contribution in [0.5, 0.6) is 0 Å². The lowest BCUT2D eigenvalue weighted by molar-refractivity contribution is 0.0658. The number of alkyl halides is 2. The Balaban J connectivity index is 3.88. The van der Waals surface area contributed by atoms with Crippen molar-refractivity contribution in [1.82, 2.24) is 0 Å². The molecule has 0 aromatic heterocycles. The quantitative estimate of drug-likeness (QED) is 0.584. The van der Waals surface area contributed by atoms with Crippen molar-refractivity contribution in [2.75, 3.05) is 0 Å². The summed E-state index contributed by atoms with van der Waals surface area (Å²) in [5, 5.41) is 0. The lowest BCUT2D eigenvalue weighted by Gasteiger charge is -2.25. The van der Waals surface area contributed by atoms with Gasteiger partial charge >= 0.3 is 0 Å². The number of hydrogen-bond acceptors (Lipinski definition) is 1. The zero-order valence-corrected chi connectivity index (χ0v) is 5.99. The Labute approximate surface area is 54.2 Å². The molecule has 0 heterocycles. The summed E-state index contributed by atoms with van der Waals surface area (Å²) in [6.45, 7) is 5.09. The average Bonchev–Trinajstić information content (AvgIpc) is 1.62. The van der Waals surface area contributed by atoms with E-state index in [1.165, 1.54) is 0 Å². The van der Waals surface area contributed by atoms with Gasteiger partial charge in [0.1, 0.15) is 0 Å². The van der Waals surface area contributed by atoms with Gasteiger partial charge in [0.25, 0.3) is 6.43 Å². The molecule has 0 rings (SSSR count). The molecule has 0 aromatic rings. The van der Waals surface area contributed by atoms with E-state index in [1.807, 2.05) is 0 Å². The first-order valence-corrected chi connectivity index (χ1v) is 2.89. The first-order valence-electron chi connectivity index (χ1n) is 2.89. The molecule has 0 aliphatic rings. The molecule has 9 heavy (non-hydrogen) atoms. The summed E-state index contributed by atoms with van der Waals surface area (Å²) in [6.07, 6.45) is -2.41. The van der Waals surface area contributed by atoms with Gasteiger partial charge in [0.15, 0.2) is 0 Å². The molecule has 0 saturated carbocycles. The molecule has 0 saturated heterocycles. The molecule has 0 radical (unpaired) electrons. The van der Waals surface area contributed by atoms with Crippen molar-refractivity contribution in [3.05, 3.63) is 0 Å². The molecule has 1 nitrogen and oxygen atoms in total.